The zero-order valence-electron chi connectivity index (χ0n) is 20.8. The third kappa shape index (κ3) is 5.93. The molecule has 0 aliphatic heterocycles. The second kappa shape index (κ2) is 12.5. The van der Waals surface area contributed by atoms with E-state index in [2.05, 4.69) is 29.9 Å². The Morgan fingerprint density at radius 1 is 1.03 bits per heavy atom. The van der Waals surface area contributed by atoms with Crippen LogP contribution in [0.1, 0.15) is 24.7 Å². The number of pyridine rings is 1. The number of nitrogens with one attached hydrogen (secondary N) is 1. The number of rotatable bonds is 12. The Bertz CT molecular complexity index is 1400. The van der Waals surface area contributed by atoms with Gasteiger partial charge in [0.15, 0.2) is 17.5 Å². The molecule has 0 unspecified atom stereocenters. The number of thiol groups is 1. The lowest BCUT2D eigenvalue weighted by atomic mass is 10.1. The minimum absolute atomic E-state index is 0.0107. The first-order valence-corrected chi connectivity index (χ1v) is 12.7. The van der Waals surface area contributed by atoms with Crippen LogP contribution in [0.2, 0.25) is 0 Å². The van der Waals surface area contributed by atoms with Gasteiger partial charge in [-0.05, 0) is 31.2 Å². The molecule has 0 saturated heterocycles. The molecule has 0 aliphatic rings. The summed E-state index contributed by atoms with van der Waals surface area (Å²) in [6.45, 7) is 1.96. The second-order valence-electron chi connectivity index (χ2n) is 7.86. The zero-order valence-corrected chi connectivity index (χ0v) is 21.7. The molecule has 0 bridgehead atoms. The summed E-state index contributed by atoms with van der Waals surface area (Å²) in [7, 11) is -0.0252. The number of ether oxygens (including phenoxy) is 3. The molecule has 0 amide bonds. The lowest BCUT2D eigenvalue weighted by Crippen LogP contribution is -2.39. The summed E-state index contributed by atoms with van der Waals surface area (Å²) in [6, 6.07) is 7.95. The predicted octanol–water partition coefficient (Wildman–Crippen LogP) is 2.08. The third-order valence-corrected chi connectivity index (χ3v) is 6.10. The summed E-state index contributed by atoms with van der Waals surface area (Å²) in [6.07, 6.45) is 4.28. The topological polar surface area (TPSA) is 143 Å². The summed E-state index contributed by atoms with van der Waals surface area (Å²) in [5, 5.41) is 8.79. The Labute approximate surface area is 219 Å². The molecule has 0 saturated carbocycles. The predicted molar refractivity (Wildman–Crippen MR) is 135 cm³/mol. The number of halogens is 1. The molecule has 2 atom stereocenters. The van der Waals surface area contributed by atoms with Gasteiger partial charge in [-0.25, -0.2) is 27.5 Å². The molecule has 0 aliphatic carbocycles. The molecule has 0 fully saturated rings. The first kappa shape index (κ1) is 27.0. The van der Waals surface area contributed by atoms with Gasteiger partial charge in [0, 0.05) is 31.0 Å². The van der Waals surface area contributed by atoms with Crippen molar-refractivity contribution in [2.45, 2.75) is 25.5 Å². The van der Waals surface area contributed by atoms with E-state index >= 15 is 0 Å². The van der Waals surface area contributed by atoms with Crippen LogP contribution in [0.15, 0.2) is 55.1 Å². The smallest absolute Gasteiger partial charge is 0.201 e. The van der Waals surface area contributed by atoms with Crippen LogP contribution in [0.4, 0.5) is 4.39 Å². The maximum atomic E-state index is 13.5. The first-order chi connectivity index (χ1) is 18.5. The molecule has 3 aromatic heterocycles. The van der Waals surface area contributed by atoms with Crippen molar-refractivity contribution in [1.82, 2.24) is 34.4 Å². The van der Waals surface area contributed by atoms with Crippen molar-refractivity contribution < 1.29 is 27.0 Å². The highest BCUT2D eigenvalue weighted by Crippen LogP contribution is 2.36. The van der Waals surface area contributed by atoms with E-state index < -0.39 is 28.9 Å². The highest BCUT2D eigenvalue weighted by atomic mass is 32.2. The molecule has 0 radical (unpaired) electrons. The van der Waals surface area contributed by atoms with Gasteiger partial charge in [0.25, 0.3) is 0 Å². The number of benzene rings is 1. The highest BCUT2D eigenvalue weighted by Gasteiger charge is 2.31. The zero-order chi connectivity index (χ0) is 27.1. The second-order valence-corrected chi connectivity index (χ2v) is 8.63. The number of hydrogen-bond acceptors (Lipinski definition) is 10. The van der Waals surface area contributed by atoms with Crippen LogP contribution in [0.3, 0.4) is 0 Å². The number of aromatic nitrogens is 6. The lowest BCUT2D eigenvalue weighted by molar-refractivity contribution is 0.0324. The van der Waals surface area contributed by atoms with Crippen LogP contribution < -0.4 is 14.2 Å². The van der Waals surface area contributed by atoms with Gasteiger partial charge in [0.2, 0.25) is 10.9 Å². The molecule has 4 aromatic rings. The number of nitrogens with zero attached hydrogens (tertiary/aromatic N) is 6. The van der Waals surface area contributed by atoms with Crippen LogP contribution in [0.25, 0.3) is 17.1 Å². The summed E-state index contributed by atoms with van der Waals surface area (Å²) >= 11 is 0. The van der Waals surface area contributed by atoms with Gasteiger partial charge in [0.05, 0.1) is 32.7 Å². The normalized spacial score (nSPS) is 12.9. The molecule has 14 heteroatoms. The van der Waals surface area contributed by atoms with Gasteiger partial charge in [-0.2, -0.15) is 0 Å². The summed E-state index contributed by atoms with van der Waals surface area (Å²) in [5.41, 5.74) is 1.16. The van der Waals surface area contributed by atoms with Gasteiger partial charge in [-0.15, -0.1) is 10.2 Å². The van der Waals surface area contributed by atoms with Crippen molar-refractivity contribution in [3.8, 4) is 28.6 Å². The third-order valence-electron chi connectivity index (χ3n) is 5.56. The summed E-state index contributed by atoms with van der Waals surface area (Å²) in [5.74, 6) is 1.19. The van der Waals surface area contributed by atoms with Gasteiger partial charge < -0.3 is 14.2 Å². The van der Waals surface area contributed by atoms with Crippen LogP contribution >= 0.6 is 0 Å². The monoisotopic (exact) mass is 543 g/mol. The fourth-order valence-corrected chi connectivity index (χ4v) is 4.49. The fourth-order valence-electron chi connectivity index (χ4n) is 3.99. The maximum Gasteiger partial charge on any atom is 0.201 e. The number of para-hydroxylation sites is 1. The average molecular weight is 544 g/mol. The van der Waals surface area contributed by atoms with Gasteiger partial charge in [0.1, 0.15) is 29.1 Å². The van der Waals surface area contributed by atoms with Gasteiger partial charge in [-0.3, -0.25) is 9.55 Å². The van der Waals surface area contributed by atoms with Crippen molar-refractivity contribution >= 4 is 10.9 Å². The van der Waals surface area contributed by atoms with Crippen molar-refractivity contribution in [2.24, 2.45) is 0 Å². The van der Waals surface area contributed by atoms with Crippen molar-refractivity contribution in [3.63, 3.8) is 0 Å². The van der Waals surface area contributed by atoms with Crippen LogP contribution in [-0.4, -0.2) is 65.0 Å². The molecule has 0 spiro atoms. The molecule has 1 N–H and O–H groups in total. The molecule has 12 nitrogen and oxygen atoms in total. The quantitative estimate of drug-likeness (QED) is 0.255. The number of methoxy groups -OCH3 is 2. The Morgan fingerprint density at radius 3 is 2.32 bits per heavy atom. The standard InChI is InChI=1S/C24H26FN7O5S/c1-4-37-22(23-27-13-16(25)14-28-23)17(31-38(33)34)11-20-29-30-24(15-7-6-10-26-12-15)32(20)21-18(35-2)8-5-9-19(21)36-3/h5-10,12-14,17,22,38H,4,11H2,1-3H3,(H,31,33,34)/t17-,22-/m0/s1. The largest absolute Gasteiger partial charge is 0.494 e. The highest BCUT2D eigenvalue weighted by molar-refractivity contribution is 7.70. The van der Waals surface area contributed by atoms with Gasteiger partial charge in [-0.1, -0.05) is 6.07 Å². The van der Waals surface area contributed by atoms with Crippen LogP contribution in [0.5, 0.6) is 11.5 Å². The van der Waals surface area contributed by atoms with E-state index in [1.165, 1.54) is 14.2 Å². The fraction of sp³-hybridized carbons (Fsp3) is 0.292. The first-order valence-electron chi connectivity index (χ1n) is 11.5. The van der Waals surface area contributed by atoms with E-state index in [4.69, 9.17) is 14.2 Å². The molecule has 3 heterocycles. The molecule has 1 aromatic carbocycles. The maximum absolute atomic E-state index is 13.5. The van der Waals surface area contributed by atoms with E-state index in [0.29, 0.717) is 34.4 Å². The molecule has 4 rings (SSSR count). The lowest BCUT2D eigenvalue weighted by Gasteiger charge is -2.25. The van der Waals surface area contributed by atoms with E-state index in [-0.39, 0.29) is 18.9 Å². The van der Waals surface area contributed by atoms with Crippen LogP contribution in [0, 0.1) is 5.82 Å². The van der Waals surface area contributed by atoms with E-state index in [9.17, 15) is 12.8 Å². The van der Waals surface area contributed by atoms with Crippen molar-refractivity contribution in [2.75, 3.05) is 20.8 Å². The Balaban J connectivity index is 1.89. The molecule has 200 valence electrons. The number of hydrogen-bond donors (Lipinski definition) is 2. The Hall–Kier alpha value is -4.01. The summed E-state index contributed by atoms with van der Waals surface area (Å²) < 4.78 is 58.5. The Morgan fingerprint density at radius 2 is 1.74 bits per heavy atom. The van der Waals surface area contributed by atoms with Crippen LogP contribution in [-0.2, 0) is 22.0 Å². The molecule has 38 heavy (non-hydrogen) atoms. The molecular weight excluding hydrogens is 517 g/mol. The average Bonchev–Trinajstić information content (AvgIpc) is 3.34. The SMILES string of the molecule is CCO[C@H](c1ncc(F)cn1)[C@H](Cc1nnc(-c2cccnc2)n1-c1c(OC)cccc1OC)N[SH](=O)=O. The van der Waals surface area contributed by atoms with Gasteiger partial charge >= 0.3 is 0 Å². The van der Waals surface area contributed by atoms with E-state index in [0.717, 1.165) is 12.4 Å². The Kier molecular flexibility index (Phi) is 8.89. The molecular formula is C24H26FN7O5S. The summed E-state index contributed by atoms with van der Waals surface area (Å²) in [4.78, 5) is 12.2. The van der Waals surface area contributed by atoms with Crippen molar-refractivity contribution in [3.05, 3.63) is 72.6 Å². The minimum Gasteiger partial charge on any atom is -0.494 e. The van der Waals surface area contributed by atoms with Crippen molar-refractivity contribution in [1.29, 1.82) is 0 Å². The minimum atomic E-state index is -3.07. The van der Waals surface area contributed by atoms with E-state index in [1.807, 2.05) is 6.07 Å². The van der Waals surface area contributed by atoms with E-state index in [1.54, 1.807) is 48.1 Å².